The van der Waals surface area contributed by atoms with Crippen molar-refractivity contribution in [2.24, 2.45) is 0 Å². The molecule has 0 aliphatic heterocycles. The summed E-state index contributed by atoms with van der Waals surface area (Å²) < 4.78 is 25.6. The van der Waals surface area contributed by atoms with Gasteiger partial charge in [-0.3, -0.25) is 4.79 Å². The second-order valence-electron chi connectivity index (χ2n) is 4.77. The Morgan fingerprint density at radius 1 is 1.15 bits per heavy atom. The number of rotatable bonds is 9. The summed E-state index contributed by atoms with van der Waals surface area (Å²) in [6, 6.07) is 9.06. The van der Waals surface area contributed by atoms with E-state index in [1.807, 2.05) is 18.2 Å². The highest BCUT2D eigenvalue weighted by molar-refractivity contribution is 7.88. The van der Waals surface area contributed by atoms with E-state index in [4.69, 9.17) is 5.11 Å². The minimum absolute atomic E-state index is 0.000530. The molecule has 0 fully saturated rings. The quantitative estimate of drug-likeness (QED) is 0.709. The highest BCUT2D eigenvalue weighted by Crippen LogP contribution is 2.10. The van der Waals surface area contributed by atoms with Gasteiger partial charge in [-0.15, -0.1) is 0 Å². The summed E-state index contributed by atoms with van der Waals surface area (Å²) in [6.45, 7) is 0.425. The molecule has 20 heavy (non-hydrogen) atoms. The topological polar surface area (TPSA) is 74.7 Å². The first-order chi connectivity index (χ1) is 9.42. The number of carboxylic acid groups (broad SMARTS) is 1. The first-order valence-electron chi connectivity index (χ1n) is 6.61. The third-order valence-corrected chi connectivity index (χ3v) is 4.86. The van der Waals surface area contributed by atoms with Gasteiger partial charge in [0.2, 0.25) is 10.0 Å². The molecule has 1 N–H and O–H groups in total. The molecule has 0 amide bonds. The molecule has 112 valence electrons. The Morgan fingerprint density at radius 2 is 1.80 bits per heavy atom. The summed E-state index contributed by atoms with van der Waals surface area (Å²) in [4.78, 5) is 10.4. The van der Waals surface area contributed by atoms with Crippen molar-refractivity contribution in [2.75, 3.05) is 13.6 Å². The van der Waals surface area contributed by atoms with Crippen LogP contribution in [0.25, 0.3) is 0 Å². The predicted molar refractivity (Wildman–Crippen MR) is 77.8 cm³/mol. The zero-order valence-corrected chi connectivity index (χ0v) is 12.5. The smallest absolute Gasteiger partial charge is 0.303 e. The van der Waals surface area contributed by atoms with Crippen LogP contribution in [0.1, 0.15) is 31.2 Å². The Balaban J connectivity index is 2.37. The van der Waals surface area contributed by atoms with Gasteiger partial charge in [0.25, 0.3) is 0 Å². The van der Waals surface area contributed by atoms with E-state index < -0.39 is 16.0 Å². The van der Waals surface area contributed by atoms with E-state index in [1.54, 1.807) is 19.2 Å². The van der Waals surface area contributed by atoms with Crippen molar-refractivity contribution in [2.45, 2.75) is 31.4 Å². The molecular weight excluding hydrogens is 278 g/mol. The van der Waals surface area contributed by atoms with Crippen LogP contribution in [0.15, 0.2) is 30.3 Å². The lowest BCUT2D eigenvalue weighted by atomic mass is 10.2. The first-order valence-corrected chi connectivity index (χ1v) is 8.22. The highest BCUT2D eigenvalue weighted by Gasteiger charge is 2.17. The molecular formula is C14H21NO4S. The Kier molecular flexibility index (Phi) is 6.67. The summed E-state index contributed by atoms with van der Waals surface area (Å²) in [7, 11) is -1.73. The molecule has 0 radical (unpaired) electrons. The van der Waals surface area contributed by atoms with Crippen LogP contribution < -0.4 is 0 Å². The zero-order chi connectivity index (χ0) is 15.0. The second-order valence-corrected chi connectivity index (χ2v) is 6.84. The summed E-state index contributed by atoms with van der Waals surface area (Å²) in [5.41, 5.74) is 0.769. The van der Waals surface area contributed by atoms with Gasteiger partial charge in [-0.2, -0.15) is 0 Å². The van der Waals surface area contributed by atoms with Crippen molar-refractivity contribution in [1.29, 1.82) is 0 Å². The Morgan fingerprint density at radius 3 is 2.40 bits per heavy atom. The predicted octanol–water partition coefficient (Wildman–Crippen LogP) is 2.09. The van der Waals surface area contributed by atoms with E-state index >= 15 is 0 Å². The molecule has 0 aliphatic rings. The molecule has 0 saturated heterocycles. The molecule has 0 unspecified atom stereocenters. The van der Waals surface area contributed by atoms with E-state index in [1.165, 1.54) is 4.31 Å². The number of hydrogen-bond acceptors (Lipinski definition) is 3. The maximum absolute atomic E-state index is 12.1. The Hall–Kier alpha value is -1.40. The molecule has 6 heteroatoms. The Bertz CT molecular complexity index is 513. The molecule has 0 saturated carbocycles. The van der Waals surface area contributed by atoms with Crippen LogP contribution in [-0.4, -0.2) is 37.4 Å². The SMILES string of the molecule is CN(CCCCCC(=O)O)S(=O)(=O)Cc1ccccc1. The average Bonchev–Trinajstić information content (AvgIpc) is 2.38. The van der Waals surface area contributed by atoms with Gasteiger partial charge in [0.05, 0.1) is 5.75 Å². The van der Waals surface area contributed by atoms with Gasteiger partial charge in [0.15, 0.2) is 0 Å². The monoisotopic (exact) mass is 299 g/mol. The average molecular weight is 299 g/mol. The van der Waals surface area contributed by atoms with Gasteiger partial charge < -0.3 is 5.11 Å². The zero-order valence-electron chi connectivity index (χ0n) is 11.7. The molecule has 0 aromatic heterocycles. The fourth-order valence-corrected chi connectivity index (χ4v) is 3.06. The van der Waals surface area contributed by atoms with E-state index in [2.05, 4.69) is 0 Å². The number of hydrogen-bond donors (Lipinski definition) is 1. The summed E-state index contributed by atoms with van der Waals surface area (Å²) in [5, 5.41) is 8.51. The maximum atomic E-state index is 12.1. The number of unbranched alkanes of at least 4 members (excludes halogenated alkanes) is 2. The van der Waals surface area contributed by atoms with Crippen LogP contribution in [0.5, 0.6) is 0 Å². The van der Waals surface area contributed by atoms with Crippen molar-refractivity contribution < 1.29 is 18.3 Å². The number of nitrogens with zero attached hydrogens (tertiary/aromatic N) is 1. The summed E-state index contributed by atoms with van der Waals surface area (Å²) in [6.07, 6.45) is 2.12. The van der Waals surface area contributed by atoms with Gasteiger partial charge in [0, 0.05) is 20.0 Å². The lowest BCUT2D eigenvalue weighted by Crippen LogP contribution is -2.29. The molecule has 1 aromatic rings. The normalized spacial score (nSPS) is 11.7. The van der Waals surface area contributed by atoms with Crippen molar-refractivity contribution in [3.8, 4) is 0 Å². The number of benzene rings is 1. The van der Waals surface area contributed by atoms with Crippen LogP contribution >= 0.6 is 0 Å². The minimum atomic E-state index is -3.30. The molecule has 0 spiro atoms. The van der Waals surface area contributed by atoms with E-state index in [-0.39, 0.29) is 12.2 Å². The molecule has 0 bridgehead atoms. The lowest BCUT2D eigenvalue weighted by molar-refractivity contribution is -0.137. The number of carbonyl (C=O) groups is 1. The van der Waals surface area contributed by atoms with E-state index in [9.17, 15) is 13.2 Å². The van der Waals surface area contributed by atoms with Gasteiger partial charge in [-0.1, -0.05) is 36.8 Å². The van der Waals surface area contributed by atoms with Crippen LogP contribution in [0.3, 0.4) is 0 Å². The third-order valence-electron chi connectivity index (χ3n) is 3.03. The third kappa shape index (κ3) is 6.16. The number of aliphatic carboxylic acids is 1. The highest BCUT2D eigenvalue weighted by atomic mass is 32.2. The van der Waals surface area contributed by atoms with Crippen LogP contribution in [0, 0.1) is 0 Å². The van der Waals surface area contributed by atoms with Crippen LogP contribution in [-0.2, 0) is 20.6 Å². The summed E-state index contributed by atoms with van der Waals surface area (Å²) >= 11 is 0. The molecule has 1 aromatic carbocycles. The largest absolute Gasteiger partial charge is 0.481 e. The second kappa shape index (κ2) is 8.01. The lowest BCUT2D eigenvalue weighted by Gasteiger charge is -2.17. The molecule has 5 nitrogen and oxygen atoms in total. The number of carboxylic acids is 1. The summed E-state index contributed by atoms with van der Waals surface area (Å²) in [5.74, 6) is -0.811. The fraction of sp³-hybridized carbons (Fsp3) is 0.500. The first kappa shape index (κ1) is 16.7. The standard InChI is InChI=1S/C14H21NO4S/c1-15(11-7-3-6-10-14(16)17)20(18,19)12-13-8-4-2-5-9-13/h2,4-5,8-9H,3,6-7,10-12H2,1H3,(H,16,17). The minimum Gasteiger partial charge on any atom is -0.481 e. The van der Waals surface area contributed by atoms with E-state index in [0.29, 0.717) is 19.4 Å². The van der Waals surface area contributed by atoms with Gasteiger partial charge >= 0.3 is 5.97 Å². The van der Waals surface area contributed by atoms with Gasteiger partial charge in [0.1, 0.15) is 0 Å². The van der Waals surface area contributed by atoms with Crippen LogP contribution in [0.4, 0.5) is 0 Å². The van der Waals surface area contributed by atoms with E-state index in [0.717, 1.165) is 12.0 Å². The molecule has 1 rings (SSSR count). The van der Waals surface area contributed by atoms with Crippen molar-refractivity contribution in [3.63, 3.8) is 0 Å². The molecule has 0 atom stereocenters. The van der Waals surface area contributed by atoms with Gasteiger partial charge in [-0.25, -0.2) is 12.7 Å². The number of sulfonamides is 1. The maximum Gasteiger partial charge on any atom is 0.303 e. The molecule has 0 aliphatic carbocycles. The van der Waals surface area contributed by atoms with Crippen LogP contribution in [0.2, 0.25) is 0 Å². The van der Waals surface area contributed by atoms with Gasteiger partial charge in [-0.05, 0) is 18.4 Å². The Labute approximate surface area is 120 Å². The fourth-order valence-electron chi connectivity index (χ4n) is 1.82. The van der Waals surface area contributed by atoms with Crippen molar-refractivity contribution in [1.82, 2.24) is 4.31 Å². The van der Waals surface area contributed by atoms with Crippen molar-refractivity contribution in [3.05, 3.63) is 35.9 Å². The molecule has 0 heterocycles. The van der Waals surface area contributed by atoms with Crippen molar-refractivity contribution >= 4 is 16.0 Å².